The van der Waals surface area contributed by atoms with Crippen molar-refractivity contribution in [1.82, 2.24) is 10.6 Å². The average molecular weight is 258 g/mol. The Morgan fingerprint density at radius 3 is 2.67 bits per heavy atom. The van der Waals surface area contributed by atoms with Crippen LogP contribution in [0.25, 0.3) is 0 Å². The van der Waals surface area contributed by atoms with Crippen molar-refractivity contribution >= 4 is 12.0 Å². The minimum atomic E-state index is -0.867. The van der Waals surface area contributed by atoms with Gasteiger partial charge in [0.05, 0.1) is 18.6 Å². The van der Waals surface area contributed by atoms with Crippen molar-refractivity contribution in [3.05, 3.63) is 0 Å². The lowest BCUT2D eigenvalue weighted by molar-refractivity contribution is -0.142. The molecule has 1 aliphatic heterocycles. The molecule has 0 aliphatic carbocycles. The lowest BCUT2D eigenvalue weighted by atomic mass is 9.97. The van der Waals surface area contributed by atoms with Gasteiger partial charge in [0.2, 0.25) is 0 Å². The molecule has 1 heterocycles. The van der Waals surface area contributed by atoms with E-state index < -0.39 is 11.9 Å². The lowest BCUT2D eigenvalue weighted by Crippen LogP contribution is -2.44. The first-order chi connectivity index (χ1) is 8.49. The molecule has 6 heteroatoms. The molecule has 0 aromatic heterocycles. The summed E-state index contributed by atoms with van der Waals surface area (Å²) in [6, 6.07) is -0.279. The van der Waals surface area contributed by atoms with Crippen molar-refractivity contribution in [1.29, 1.82) is 0 Å². The lowest BCUT2D eigenvalue weighted by Gasteiger charge is -2.17. The third-order valence-corrected chi connectivity index (χ3v) is 2.88. The Bertz CT molecular complexity index is 288. The van der Waals surface area contributed by atoms with E-state index in [9.17, 15) is 9.59 Å². The molecule has 1 saturated heterocycles. The summed E-state index contributed by atoms with van der Waals surface area (Å²) in [6.07, 6.45) is 1.37. The van der Waals surface area contributed by atoms with Gasteiger partial charge >= 0.3 is 12.0 Å². The summed E-state index contributed by atoms with van der Waals surface area (Å²) in [5, 5.41) is 14.4. The van der Waals surface area contributed by atoms with Gasteiger partial charge in [-0.1, -0.05) is 13.8 Å². The van der Waals surface area contributed by atoms with E-state index in [1.54, 1.807) is 0 Å². The number of carbonyl (C=O) groups is 2. The summed E-state index contributed by atoms with van der Waals surface area (Å²) >= 11 is 0. The van der Waals surface area contributed by atoms with Gasteiger partial charge < -0.3 is 20.5 Å². The van der Waals surface area contributed by atoms with E-state index in [1.165, 1.54) is 0 Å². The summed E-state index contributed by atoms with van der Waals surface area (Å²) in [5.41, 5.74) is 0. The molecule has 2 unspecified atom stereocenters. The molecule has 1 fully saturated rings. The smallest absolute Gasteiger partial charge is 0.315 e. The molecule has 0 aromatic rings. The van der Waals surface area contributed by atoms with Crippen molar-refractivity contribution in [3.63, 3.8) is 0 Å². The number of urea groups is 1. The van der Waals surface area contributed by atoms with E-state index in [1.807, 2.05) is 13.8 Å². The Balaban J connectivity index is 2.27. The predicted octanol–water partition coefficient (Wildman–Crippen LogP) is 0.821. The number of carbonyl (C=O) groups excluding carboxylic acids is 1. The van der Waals surface area contributed by atoms with Crippen molar-refractivity contribution in [3.8, 4) is 0 Å². The average Bonchev–Trinajstić information content (AvgIpc) is 2.76. The Kier molecular flexibility index (Phi) is 5.91. The second-order valence-electron chi connectivity index (χ2n) is 5.08. The highest BCUT2D eigenvalue weighted by Gasteiger charge is 2.21. The van der Waals surface area contributed by atoms with Gasteiger partial charge in [-0.2, -0.15) is 0 Å². The van der Waals surface area contributed by atoms with Gasteiger partial charge in [0, 0.05) is 13.2 Å². The van der Waals surface area contributed by atoms with Gasteiger partial charge in [-0.05, 0) is 18.8 Å². The van der Waals surface area contributed by atoms with Crippen LogP contribution in [-0.4, -0.2) is 42.9 Å². The third kappa shape index (κ3) is 5.35. The predicted molar refractivity (Wildman–Crippen MR) is 66.3 cm³/mol. The van der Waals surface area contributed by atoms with Crippen LogP contribution in [0, 0.1) is 11.8 Å². The molecule has 0 radical (unpaired) electrons. The zero-order valence-electron chi connectivity index (χ0n) is 10.9. The van der Waals surface area contributed by atoms with Crippen LogP contribution in [0.4, 0.5) is 4.79 Å². The standard InChI is InChI=1S/C12H22N2O4/c1-8(2)5-9(11(15)16)6-13-12(17)14-10-3-4-18-7-10/h8-10H,3-7H2,1-2H3,(H,15,16)(H2,13,14,17). The molecule has 2 atom stereocenters. The van der Waals surface area contributed by atoms with Crippen LogP contribution in [0.1, 0.15) is 26.7 Å². The Hall–Kier alpha value is -1.30. The maximum atomic E-state index is 11.5. The van der Waals surface area contributed by atoms with E-state index in [-0.39, 0.29) is 18.6 Å². The summed E-state index contributed by atoms with van der Waals surface area (Å²) in [5.74, 6) is -1.11. The van der Waals surface area contributed by atoms with Crippen LogP contribution in [0.2, 0.25) is 0 Å². The second-order valence-corrected chi connectivity index (χ2v) is 5.08. The number of aliphatic carboxylic acids is 1. The van der Waals surface area contributed by atoms with Crippen LogP contribution >= 0.6 is 0 Å². The number of carboxylic acids is 1. The largest absolute Gasteiger partial charge is 0.481 e. The number of nitrogens with one attached hydrogen (secondary N) is 2. The van der Waals surface area contributed by atoms with Crippen LogP contribution < -0.4 is 10.6 Å². The number of hydrogen-bond acceptors (Lipinski definition) is 3. The minimum absolute atomic E-state index is 0.0402. The molecule has 18 heavy (non-hydrogen) atoms. The molecule has 6 nitrogen and oxygen atoms in total. The Morgan fingerprint density at radius 2 is 2.17 bits per heavy atom. The molecule has 104 valence electrons. The van der Waals surface area contributed by atoms with Gasteiger partial charge in [-0.3, -0.25) is 4.79 Å². The Morgan fingerprint density at radius 1 is 1.44 bits per heavy atom. The Labute approximate surface area is 107 Å². The first-order valence-corrected chi connectivity index (χ1v) is 6.34. The number of ether oxygens (including phenoxy) is 1. The van der Waals surface area contributed by atoms with Gasteiger partial charge in [0.15, 0.2) is 0 Å². The summed E-state index contributed by atoms with van der Waals surface area (Å²) in [6.45, 7) is 5.28. The highest BCUT2D eigenvalue weighted by molar-refractivity contribution is 5.76. The fourth-order valence-corrected chi connectivity index (χ4v) is 1.94. The van der Waals surface area contributed by atoms with Gasteiger partial charge in [-0.25, -0.2) is 4.79 Å². The molecule has 1 rings (SSSR count). The molecular weight excluding hydrogens is 236 g/mol. The molecule has 0 saturated carbocycles. The van der Waals surface area contributed by atoms with Crippen LogP contribution in [0.15, 0.2) is 0 Å². The zero-order valence-corrected chi connectivity index (χ0v) is 10.9. The van der Waals surface area contributed by atoms with E-state index in [0.29, 0.717) is 25.6 Å². The summed E-state index contributed by atoms with van der Waals surface area (Å²) in [7, 11) is 0. The normalized spacial score (nSPS) is 20.7. The number of hydrogen-bond donors (Lipinski definition) is 3. The summed E-state index contributed by atoms with van der Waals surface area (Å²) in [4.78, 5) is 22.5. The van der Waals surface area contributed by atoms with Crippen LogP contribution in [-0.2, 0) is 9.53 Å². The van der Waals surface area contributed by atoms with Crippen LogP contribution in [0.5, 0.6) is 0 Å². The molecule has 0 bridgehead atoms. The fourth-order valence-electron chi connectivity index (χ4n) is 1.94. The first-order valence-electron chi connectivity index (χ1n) is 6.34. The number of carboxylic acid groups (broad SMARTS) is 1. The second kappa shape index (κ2) is 7.20. The third-order valence-electron chi connectivity index (χ3n) is 2.88. The highest BCUT2D eigenvalue weighted by Crippen LogP contribution is 2.11. The molecular formula is C12H22N2O4. The molecule has 0 aromatic carbocycles. The van der Waals surface area contributed by atoms with E-state index in [0.717, 1.165) is 6.42 Å². The highest BCUT2D eigenvalue weighted by atomic mass is 16.5. The maximum absolute atomic E-state index is 11.5. The minimum Gasteiger partial charge on any atom is -0.481 e. The number of rotatable bonds is 6. The monoisotopic (exact) mass is 258 g/mol. The van der Waals surface area contributed by atoms with Crippen LogP contribution in [0.3, 0.4) is 0 Å². The SMILES string of the molecule is CC(C)CC(CNC(=O)NC1CCOC1)C(=O)O. The van der Waals surface area contributed by atoms with Crippen molar-refractivity contribution in [2.45, 2.75) is 32.7 Å². The topological polar surface area (TPSA) is 87.7 Å². The van der Waals surface area contributed by atoms with Crippen molar-refractivity contribution in [2.24, 2.45) is 11.8 Å². The molecule has 2 amide bonds. The van der Waals surface area contributed by atoms with E-state index in [2.05, 4.69) is 10.6 Å². The van der Waals surface area contributed by atoms with E-state index in [4.69, 9.17) is 9.84 Å². The van der Waals surface area contributed by atoms with Gasteiger partial charge in [-0.15, -0.1) is 0 Å². The fraction of sp³-hybridized carbons (Fsp3) is 0.833. The first kappa shape index (κ1) is 14.8. The van der Waals surface area contributed by atoms with Gasteiger partial charge in [0.25, 0.3) is 0 Å². The molecule has 1 aliphatic rings. The van der Waals surface area contributed by atoms with E-state index >= 15 is 0 Å². The maximum Gasteiger partial charge on any atom is 0.315 e. The van der Waals surface area contributed by atoms with Crippen molar-refractivity contribution in [2.75, 3.05) is 19.8 Å². The number of amides is 2. The quantitative estimate of drug-likeness (QED) is 0.658. The van der Waals surface area contributed by atoms with Crippen molar-refractivity contribution < 1.29 is 19.4 Å². The zero-order chi connectivity index (χ0) is 13.5. The molecule has 3 N–H and O–H groups in total. The summed E-state index contributed by atoms with van der Waals surface area (Å²) < 4.78 is 5.14. The molecule has 0 spiro atoms. The van der Waals surface area contributed by atoms with Gasteiger partial charge in [0.1, 0.15) is 0 Å².